The number of carboxylic acids is 1. The van der Waals surface area contributed by atoms with Gasteiger partial charge in [-0.1, -0.05) is 51.3 Å². The zero-order valence-corrected chi connectivity index (χ0v) is 34.6. The number of para-hydroxylation sites is 1. The Hall–Kier alpha value is -4.31. The average molecular weight is 852 g/mol. The number of rotatable bonds is 20. The van der Waals surface area contributed by atoms with Crippen LogP contribution in [-0.4, -0.2) is 82.7 Å². The van der Waals surface area contributed by atoms with Crippen LogP contribution < -0.4 is 9.47 Å². The summed E-state index contributed by atoms with van der Waals surface area (Å²) >= 11 is 0.759. The lowest BCUT2D eigenvalue weighted by molar-refractivity contribution is -0.159. The molecule has 59 heavy (non-hydrogen) atoms. The lowest BCUT2D eigenvalue weighted by Gasteiger charge is -2.50. The Morgan fingerprint density at radius 1 is 1.03 bits per heavy atom. The van der Waals surface area contributed by atoms with E-state index >= 15 is 4.79 Å². The molecule has 2 aliphatic rings. The number of carboxylic acid groups (broad SMARTS) is 1. The van der Waals surface area contributed by atoms with Crippen molar-refractivity contribution in [3.8, 4) is 11.5 Å². The molecule has 2 amide bonds. The van der Waals surface area contributed by atoms with E-state index in [0.29, 0.717) is 57.3 Å². The van der Waals surface area contributed by atoms with Gasteiger partial charge in [0.1, 0.15) is 17.2 Å². The third-order valence-electron chi connectivity index (χ3n) is 11.5. The van der Waals surface area contributed by atoms with E-state index in [1.165, 1.54) is 10.3 Å². The second kappa shape index (κ2) is 20.3. The molecule has 324 valence electrons. The monoisotopic (exact) mass is 851 g/mol. The number of hydrogen-bond donors (Lipinski definition) is 1. The molecule has 2 aromatic heterocycles. The third-order valence-corrected chi connectivity index (χ3v) is 12.5. The van der Waals surface area contributed by atoms with Crippen molar-refractivity contribution in [1.82, 2.24) is 14.8 Å². The first-order valence-corrected chi connectivity index (χ1v) is 21.2. The Morgan fingerprint density at radius 3 is 2.42 bits per heavy atom. The van der Waals surface area contributed by atoms with Crippen molar-refractivity contribution in [3.63, 3.8) is 0 Å². The summed E-state index contributed by atoms with van der Waals surface area (Å²) in [6, 6.07) is 9.31. The van der Waals surface area contributed by atoms with Crippen molar-refractivity contribution in [2.45, 2.75) is 121 Å². The summed E-state index contributed by atoms with van der Waals surface area (Å²) in [6.45, 7) is 4.42. The van der Waals surface area contributed by atoms with Gasteiger partial charge in [0.15, 0.2) is 0 Å². The second-order valence-electron chi connectivity index (χ2n) is 15.4. The molecule has 0 spiro atoms. The van der Waals surface area contributed by atoms with Crippen molar-refractivity contribution in [2.75, 3.05) is 33.4 Å². The van der Waals surface area contributed by atoms with E-state index in [1.54, 1.807) is 12.0 Å². The van der Waals surface area contributed by atoms with Crippen molar-refractivity contribution in [2.24, 2.45) is 5.41 Å². The summed E-state index contributed by atoms with van der Waals surface area (Å²) in [5, 5.41) is 11.3. The highest BCUT2D eigenvalue weighted by atomic mass is 32.1. The van der Waals surface area contributed by atoms with Crippen LogP contribution in [0.3, 0.4) is 0 Å². The van der Waals surface area contributed by atoms with Gasteiger partial charge in [-0.15, -0.1) is 11.3 Å². The summed E-state index contributed by atoms with van der Waals surface area (Å²) in [4.78, 5) is 47.9. The molecule has 1 saturated carbocycles. The van der Waals surface area contributed by atoms with Gasteiger partial charge in [-0.2, -0.15) is 13.2 Å². The lowest BCUT2D eigenvalue weighted by Crippen LogP contribution is -2.68. The molecule has 3 atom stereocenters. The van der Waals surface area contributed by atoms with E-state index in [0.717, 1.165) is 54.1 Å². The number of carbonyl (C=O) groups excluding carboxylic acids is 2. The van der Waals surface area contributed by atoms with Crippen LogP contribution in [0.4, 0.5) is 22.0 Å². The molecule has 0 radical (unpaired) electrons. The first kappa shape index (κ1) is 45.8. The average Bonchev–Trinajstić information content (AvgIpc) is 3.91. The smallest absolute Gasteiger partial charge is 0.418 e. The molecule has 1 aliphatic heterocycles. The number of hydrogen-bond acceptors (Lipinski definition) is 8. The van der Waals surface area contributed by atoms with Crippen molar-refractivity contribution in [1.29, 1.82) is 0 Å². The molecule has 3 heterocycles. The molecule has 1 saturated heterocycles. The van der Waals surface area contributed by atoms with Gasteiger partial charge in [-0.3, -0.25) is 19.4 Å². The number of thiophene rings is 1. The number of methoxy groups -OCH3 is 1. The van der Waals surface area contributed by atoms with Gasteiger partial charge >= 0.3 is 12.1 Å². The van der Waals surface area contributed by atoms with Crippen LogP contribution in [0, 0.1) is 5.41 Å². The highest BCUT2D eigenvalue weighted by Gasteiger charge is 2.56. The first-order chi connectivity index (χ1) is 28.2. The Labute approximate surface area is 346 Å². The van der Waals surface area contributed by atoms with Crippen LogP contribution in [0.25, 0.3) is 0 Å². The molecule has 3 unspecified atom stereocenters. The number of carbonyl (C=O) groups is 3. The van der Waals surface area contributed by atoms with E-state index in [-0.39, 0.29) is 49.5 Å². The van der Waals surface area contributed by atoms with E-state index in [1.807, 2.05) is 38.1 Å². The maximum Gasteiger partial charge on any atom is 0.418 e. The fraction of sp³-hybridized carbons (Fsp3) is 0.581. The number of benzene rings is 1. The topological polar surface area (TPSA) is 119 Å². The predicted octanol–water partition coefficient (Wildman–Crippen LogP) is 10.1. The Balaban J connectivity index is 1.43. The molecule has 3 aromatic rings. The molecule has 2 fully saturated rings. The molecule has 1 aliphatic carbocycles. The fourth-order valence-electron chi connectivity index (χ4n) is 8.68. The van der Waals surface area contributed by atoms with Crippen LogP contribution in [0.1, 0.15) is 130 Å². The number of pyridine rings is 1. The molecule has 1 N–H and O–H groups in total. The standard InChI is InChI=1S/C43H54F5N3O7S/c1-4-13-35-42(58-29-27-34(37(44)45)59-28-29,21-11-24-51(35)38(52)36-31(43(46,47)48)15-10-22-49-36)39(53)50(23-5-2)25-17-32(56-3)30-14-6-7-16-33(30)57-26-12-20-41(40(54)55)18-8-9-19-41/h6-7,10,14-16,22,27-28,32,35,37H,4-5,8-9,11-13,17-21,23-26H2,1-3H3,(H,54,55). The highest BCUT2D eigenvalue weighted by Crippen LogP contribution is 2.44. The summed E-state index contributed by atoms with van der Waals surface area (Å²) in [6.07, 6.45) is -1.30. The minimum absolute atomic E-state index is 0.00219. The number of aliphatic carboxylic acids is 1. The molecule has 16 heteroatoms. The van der Waals surface area contributed by atoms with Gasteiger partial charge in [0.05, 0.1) is 34.6 Å². The number of amides is 2. The van der Waals surface area contributed by atoms with Crippen LogP contribution in [0.2, 0.25) is 0 Å². The van der Waals surface area contributed by atoms with E-state index in [4.69, 9.17) is 14.2 Å². The largest absolute Gasteiger partial charge is 0.493 e. The minimum atomic E-state index is -4.88. The maximum absolute atomic E-state index is 15.2. The quantitative estimate of drug-likeness (QED) is 0.0882. The lowest BCUT2D eigenvalue weighted by atomic mass is 9.79. The van der Waals surface area contributed by atoms with Gasteiger partial charge in [0.25, 0.3) is 18.2 Å². The second-order valence-corrected chi connectivity index (χ2v) is 16.3. The van der Waals surface area contributed by atoms with Gasteiger partial charge in [0.2, 0.25) is 5.60 Å². The molecular weight excluding hydrogens is 798 g/mol. The first-order valence-electron chi connectivity index (χ1n) is 20.4. The van der Waals surface area contributed by atoms with Crippen LogP contribution in [-0.2, 0) is 20.5 Å². The molecule has 1 aromatic carbocycles. The molecular formula is C43H54F5N3O7S. The van der Waals surface area contributed by atoms with Gasteiger partial charge < -0.3 is 29.1 Å². The van der Waals surface area contributed by atoms with E-state index < -0.39 is 64.8 Å². The van der Waals surface area contributed by atoms with E-state index in [9.17, 15) is 36.6 Å². The van der Waals surface area contributed by atoms with E-state index in [2.05, 4.69) is 4.98 Å². The summed E-state index contributed by atoms with van der Waals surface area (Å²) in [5.74, 6) is -1.72. The molecule has 0 bridgehead atoms. The SMILES string of the molecule is CCCC1N(C(=O)c2ncccc2C(F)(F)F)CCCC1(Oc1csc(C(F)F)c1)C(=O)N(CCC)CCC(OC)c1ccccc1OCCCC1(C(=O)O)CCCC1. The van der Waals surface area contributed by atoms with Gasteiger partial charge in [-0.25, -0.2) is 8.78 Å². The zero-order valence-electron chi connectivity index (χ0n) is 33.8. The van der Waals surface area contributed by atoms with Gasteiger partial charge in [0, 0.05) is 50.3 Å². The van der Waals surface area contributed by atoms with Crippen LogP contribution in [0.5, 0.6) is 11.5 Å². The Morgan fingerprint density at radius 2 is 1.78 bits per heavy atom. The zero-order chi connectivity index (χ0) is 42.8. The minimum Gasteiger partial charge on any atom is -0.493 e. The number of piperidine rings is 1. The Kier molecular flexibility index (Phi) is 15.7. The predicted molar refractivity (Wildman–Crippen MR) is 212 cm³/mol. The highest BCUT2D eigenvalue weighted by molar-refractivity contribution is 7.10. The molecule has 5 rings (SSSR count). The number of aromatic nitrogens is 1. The molecule has 10 nitrogen and oxygen atoms in total. The number of ether oxygens (including phenoxy) is 3. The third kappa shape index (κ3) is 10.5. The summed E-state index contributed by atoms with van der Waals surface area (Å²) < 4.78 is 88.8. The van der Waals surface area contributed by atoms with Crippen molar-refractivity contribution in [3.05, 3.63) is 75.7 Å². The van der Waals surface area contributed by atoms with Crippen molar-refractivity contribution < 1.29 is 55.7 Å². The number of alkyl halides is 5. The van der Waals surface area contributed by atoms with Gasteiger partial charge in [-0.05, 0) is 75.6 Å². The van der Waals surface area contributed by atoms with Crippen LogP contribution in [0.15, 0.2) is 54.0 Å². The fourth-order valence-corrected chi connectivity index (χ4v) is 9.33. The number of halogens is 5. The summed E-state index contributed by atoms with van der Waals surface area (Å²) in [5.41, 5.74) is -3.84. The Bertz CT molecular complexity index is 1870. The normalized spacial score (nSPS) is 19.7. The summed E-state index contributed by atoms with van der Waals surface area (Å²) in [7, 11) is 1.54. The van der Waals surface area contributed by atoms with Crippen molar-refractivity contribution >= 4 is 29.1 Å². The maximum atomic E-state index is 15.2. The van der Waals surface area contributed by atoms with Crippen LogP contribution >= 0.6 is 11.3 Å². The number of nitrogens with zero attached hydrogens (tertiary/aromatic N) is 3. The number of likely N-dealkylation sites (tertiary alicyclic amines) is 1.